The Labute approximate surface area is 92.7 Å². The van der Waals surface area contributed by atoms with Crippen LogP contribution in [-0.4, -0.2) is 25.7 Å². The average molecular weight is 219 g/mol. The zero-order valence-corrected chi connectivity index (χ0v) is 9.43. The van der Waals surface area contributed by atoms with E-state index in [0.29, 0.717) is 5.65 Å². The molecule has 0 fully saturated rings. The fourth-order valence-corrected chi connectivity index (χ4v) is 1.42. The first-order valence-corrected chi connectivity index (χ1v) is 4.98. The Morgan fingerprint density at radius 3 is 2.62 bits per heavy atom. The lowest BCUT2D eigenvalue weighted by Gasteiger charge is -2.17. The molecule has 0 amide bonds. The van der Waals surface area contributed by atoms with Crippen LogP contribution in [0.1, 0.15) is 37.0 Å². The second-order valence-corrected chi connectivity index (χ2v) is 4.69. The Morgan fingerprint density at radius 2 is 2.06 bits per heavy atom. The van der Waals surface area contributed by atoms with Crippen molar-refractivity contribution in [2.75, 3.05) is 0 Å². The molecule has 0 unspecified atom stereocenters. The summed E-state index contributed by atoms with van der Waals surface area (Å²) < 4.78 is 1.36. The molecule has 84 valence electrons. The van der Waals surface area contributed by atoms with Crippen molar-refractivity contribution in [3.05, 3.63) is 29.7 Å². The van der Waals surface area contributed by atoms with Crippen LogP contribution in [0.25, 0.3) is 5.65 Å². The molecule has 0 aliphatic rings. The van der Waals surface area contributed by atoms with Gasteiger partial charge in [-0.2, -0.15) is 5.10 Å². The van der Waals surface area contributed by atoms with E-state index < -0.39 is 5.97 Å². The second-order valence-electron chi connectivity index (χ2n) is 4.69. The Morgan fingerprint density at radius 1 is 1.38 bits per heavy atom. The van der Waals surface area contributed by atoms with Crippen molar-refractivity contribution in [2.45, 2.75) is 26.2 Å². The number of hydrogen-bond acceptors (Lipinski definition) is 3. The molecule has 0 saturated carbocycles. The Kier molecular flexibility index (Phi) is 2.18. The summed E-state index contributed by atoms with van der Waals surface area (Å²) in [5.74, 6) is -1.02. The molecule has 5 nitrogen and oxygen atoms in total. The van der Waals surface area contributed by atoms with E-state index in [1.165, 1.54) is 10.7 Å². The number of rotatable bonds is 1. The van der Waals surface area contributed by atoms with Crippen molar-refractivity contribution >= 4 is 11.6 Å². The number of carboxylic acid groups (broad SMARTS) is 1. The molecule has 0 atom stereocenters. The monoisotopic (exact) mass is 219 g/mol. The quantitative estimate of drug-likeness (QED) is 0.793. The van der Waals surface area contributed by atoms with Gasteiger partial charge in [0.25, 0.3) is 0 Å². The fraction of sp³-hybridized carbons (Fsp3) is 0.364. The molecule has 0 spiro atoms. The maximum atomic E-state index is 10.9. The SMILES string of the molecule is CC(C)(C)c1ccc2ncc(C(=O)O)n2n1. The minimum Gasteiger partial charge on any atom is -0.476 e. The van der Waals surface area contributed by atoms with Crippen molar-refractivity contribution in [1.82, 2.24) is 14.6 Å². The van der Waals surface area contributed by atoms with Crippen molar-refractivity contribution in [3.63, 3.8) is 0 Å². The minimum atomic E-state index is -1.02. The van der Waals surface area contributed by atoms with Gasteiger partial charge in [0.05, 0.1) is 11.9 Å². The molecule has 0 aromatic carbocycles. The van der Waals surface area contributed by atoms with Crippen LogP contribution in [0.2, 0.25) is 0 Å². The van der Waals surface area contributed by atoms with E-state index in [0.717, 1.165) is 5.69 Å². The third kappa shape index (κ3) is 1.64. The van der Waals surface area contributed by atoms with E-state index in [9.17, 15) is 4.79 Å². The summed E-state index contributed by atoms with van der Waals surface area (Å²) in [5.41, 5.74) is 1.35. The summed E-state index contributed by atoms with van der Waals surface area (Å²) >= 11 is 0. The first-order valence-electron chi connectivity index (χ1n) is 4.98. The van der Waals surface area contributed by atoms with E-state index in [2.05, 4.69) is 10.1 Å². The van der Waals surface area contributed by atoms with Crippen molar-refractivity contribution in [1.29, 1.82) is 0 Å². The van der Waals surface area contributed by atoms with Crippen LogP contribution in [-0.2, 0) is 5.41 Å². The summed E-state index contributed by atoms with van der Waals surface area (Å²) in [4.78, 5) is 14.9. The number of hydrogen-bond donors (Lipinski definition) is 1. The highest BCUT2D eigenvalue weighted by molar-refractivity contribution is 5.86. The topological polar surface area (TPSA) is 67.5 Å². The highest BCUT2D eigenvalue weighted by Gasteiger charge is 2.18. The Bertz CT molecular complexity index is 552. The largest absolute Gasteiger partial charge is 0.476 e. The van der Waals surface area contributed by atoms with Crippen LogP contribution in [0.5, 0.6) is 0 Å². The van der Waals surface area contributed by atoms with Gasteiger partial charge in [-0.25, -0.2) is 14.3 Å². The zero-order chi connectivity index (χ0) is 11.9. The van der Waals surface area contributed by atoms with Gasteiger partial charge >= 0.3 is 5.97 Å². The first kappa shape index (κ1) is 10.6. The maximum Gasteiger partial charge on any atom is 0.356 e. The molecule has 2 rings (SSSR count). The van der Waals surface area contributed by atoms with Crippen molar-refractivity contribution < 1.29 is 9.90 Å². The number of carboxylic acids is 1. The van der Waals surface area contributed by atoms with Crippen molar-refractivity contribution in [3.8, 4) is 0 Å². The van der Waals surface area contributed by atoms with Crippen LogP contribution in [0.4, 0.5) is 0 Å². The molecule has 0 bridgehead atoms. The lowest BCUT2D eigenvalue weighted by Crippen LogP contribution is -2.16. The summed E-state index contributed by atoms with van der Waals surface area (Å²) in [6.45, 7) is 6.08. The third-order valence-corrected chi connectivity index (χ3v) is 2.35. The number of carbonyl (C=O) groups is 1. The van der Waals surface area contributed by atoms with E-state index in [-0.39, 0.29) is 11.1 Å². The number of aromatic nitrogens is 3. The van der Waals surface area contributed by atoms with Gasteiger partial charge in [0.15, 0.2) is 11.3 Å². The molecule has 1 N–H and O–H groups in total. The van der Waals surface area contributed by atoms with Gasteiger partial charge in [-0.1, -0.05) is 20.8 Å². The number of imidazole rings is 1. The predicted octanol–water partition coefficient (Wildman–Crippen LogP) is 1.72. The highest BCUT2D eigenvalue weighted by Crippen LogP contribution is 2.20. The smallest absolute Gasteiger partial charge is 0.356 e. The minimum absolute atomic E-state index is 0.0844. The molecule has 16 heavy (non-hydrogen) atoms. The van der Waals surface area contributed by atoms with Gasteiger partial charge in [0.2, 0.25) is 0 Å². The molecule has 2 heterocycles. The van der Waals surface area contributed by atoms with E-state index in [1.54, 1.807) is 6.07 Å². The first-order chi connectivity index (χ1) is 7.39. The average Bonchev–Trinajstić information content (AvgIpc) is 2.58. The lowest BCUT2D eigenvalue weighted by molar-refractivity contribution is 0.0687. The Hall–Kier alpha value is -1.91. The number of nitrogens with zero attached hydrogens (tertiary/aromatic N) is 3. The number of fused-ring (bicyclic) bond motifs is 1. The second kappa shape index (κ2) is 3.30. The van der Waals surface area contributed by atoms with Crippen LogP contribution in [0, 0.1) is 0 Å². The van der Waals surface area contributed by atoms with Gasteiger partial charge in [-0.05, 0) is 12.1 Å². The van der Waals surface area contributed by atoms with Crippen LogP contribution in [0.3, 0.4) is 0 Å². The molecule has 0 saturated heterocycles. The van der Waals surface area contributed by atoms with E-state index in [4.69, 9.17) is 5.11 Å². The molecular weight excluding hydrogens is 206 g/mol. The van der Waals surface area contributed by atoms with Crippen LogP contribution < -0.4 is 0 Å². The number of aromatic carboxylic acids is 1. The van der Waals surface area contributed by atoms with Crippen molar-refractivity contribution in [2.24, 2.45) is 0 Å². The summed E-state index contributed by atoms with van der Waals surface area (Å²) in [6.07, 6.45) is 1.32. The molecule has 0 aliphatic heterocycles. The third-order valence-electron chi connectivity index (χ3n) is 2.35. The normalized spacial score (nSPS) is 11.9. The molecular formula is C11H13N3O2. The molecule has 5 heteroatoms. The van der Waals surface area contributed by atoms with E-state index >= 15 is 0 Å². The maximum absolute atomic E-state index is 10.9. The standard InChI is InChI=1S/C11H13N3O2/c1-11(2,3)8-4-5-9-12-6-7(10(15)16)14(9)13-8/h4-6H,1-3H3,(H,15,16). The van der Waals surface area contributed by atoms with E-state index in [1.807, 2.05) is 26.8 Å². The van der Waals surface area contributed by atoms with Gasteiger partial charge in [-0.3, -0.25) is 0 Å². The zero-order valence-electron chi connectivity index (χ0n) is 9.43. The fourth-order valence-electron chi connectivity index (χ4n) is 1.42. The molecule has 2 aromatic heterocycles. The Balaban J connectivity index is 2.68. The van der Waals surface area contributed by atoms with Gasteiger partial charge < -0.3 is 5.11 Å². The summed E-state index contributed by atoms with van der Waals surface area (Å²) in [7, 11) is 0. The van der Waals surface area contributed by atoms with Gasteiger partial charge in [0.1, 0.15) is 0 Å². The van der Waals surface area contributed by atoms with Crippen LogP contribution >= 0.6 is 0 Å². The van der Waals surface area contributed by atoms with Gasteiger partial charge in [-0.15, -0.1) is 0 Å². The molecule has 0 aliphatic carbocycles. The van der Waals surface area contributed by atoms with Crippen LogP contribution in [0.15, 0.2) is 18.3 Å². The highest BCUT2D eigenvalue weighted by atomic mass is 16.4. The summed E-state index contributed by atoms with van der Waals surface area (Å²) in [6, 6.07) is 3.65. The molecule has 0 radical (unpaired) electrons. The lowest BCUT2D eigenvalue weighted by atomic mass is 9.92. The van der Waals surface area contributed by atoms with Gasteiger partial charge in [0, 0.05) is 5.41 Å². The molecule has 2 aromatic rings. The summed E-state index contributed by atoms with van der Waals surface area (Å²) in [5, 5.41) is 13.3. The predicted molar refractivity (Wildman–Crippen MR) is 58.6 cm³/mol.